The summed E-state index contributed by atoms with van der Waals surface area (Å²) in [6, 6.07) is 5.39. The second kappa shape index (κ2) is 7.26. The highest BCUT2D eigenvalue weighted by Crippen LogP contribution is 2.22. The number of anilines is 2. The largest absolute Gasteiger partial charge is 0.493 e. The number of hydrogen-bond donors (Lipinski definition) is 3. The molecule has 100 valence electrons. The molecule has 6 heteroatoms. The van der Waals surface area contributed by atoms with Crippen LogP contribution in [0, 0.1) is 0 Å². The number of ether oxygens (including phenoxy) is 2. The van der Waals surface area contributed by atoms with Crippen molar-refractivity contribution in [2.75, 3.05) is 30.8 Å². The monoisotopic (exact) mass is 253 g/mol. The quantitative estimate of drug-likeness (QED) is 0.506. The zero-order chi connectivity index (χ0) is 13.4. The van der Waals surface area contributed by atoms with Crippen molar-refractivity contribution in [1.29, 1.82) is 0 Å². The van der Waals surface area contributed by atoms with Gasteiger partial charge in [0.2, 0.25) is 0 Å². The van der Waals surface area contributed by atoms with Crippen LogP contribution in [0.25, 0.3) is 0 Å². The third-order valence-electron chi connectivity index (χ3n) is 2.08. The summed E-state index contributed by atoms with van der Waals surface area (Å²) in [6.45, 7) is 3.34. The van der Waals surface area contributed by atoms with E-state index in [-0.39, 0.29) is 6.61 Å². The predicted octanol–water partition coefficient (Wildman–Crippen LogP) is 1.56. The molecule has 0 unspecified atom stereocenters. The summed E-state index contributed by atoms with van der Waals surface area (Å²) in [7, 11) is 0. The van der Waals surface area contributed by atoms with Crippen molar-refractivity contribution in [3.05, 3.63) is 18.2 Å². The topological polar surface area (TPSA) is 99.6 Å². The minimum absolute atomic E-state index is 0.204. The van der Waals surface area contributed by atoms with E-state index < -0.39 is 6.09 Å². The fourth-order valence-corrected chi connectivity index (χ4v) is 1.37. The summed E-state index contributed by atoms with van der Waals surface area (Å²) in [4.78, 5) is 10.4. The first-order chi connectivity index (χ1) is 8.61. The number of nitrogen functional groups attached to an aromatic ring is 1. The van der Waals surface area contributed by atoms with Gasteiger partial charge in [-0.05, 0) is 12.5 Å². The van der Waals surface area contributed by atoms with Gasteiger partial charge in [-0.1, -0.05) is 6.92 Å². The minimum Gasteiger partial charge on any atom is -0.493 e. The Morgan fingerprint density at radius 2 is 2.11 bits per heavy atom. The van der Waals surface area contributed by atoms with E-state index in [1.54, 1.807) is 12.1 Å². The summed E-state index contributed by atoms with van der Waals surface area (Å²) in [6.07, 6.45) is 0.153. The smallest absolute Gasteiger partial charge is 0.404 e. The molecule has 0 aliphatic heterocycles. The van der Waals surface area contributed by atoms with E-state index in [9.17, 15) is 4.79 Å². The number of primary amides is 1. The summed E-state index contributed by atoms with van der Waals surface area (Å²) in [5.41, 5.74) is 12.0. The third kappa shape index (κ3) is 5.29. The molecule has 0 atom stereocenters. The van der Waals surface area contributed by atoms with E-state index in [2.05, 4.69) is 10.1 Å². The Morgan fingerprint density at radius 1 is 1.33 bits per heavy atom. The first kappa shape index (κ1) is 14.0. The minimum atomic E-state index is -0.781. The van der Waals surface area contributed by atoms with Crippen molar-refractivity contribution in [2.24, 2.45) is 5.73 Å². The molecule has 0 heterocycles. The van der Waals surface area contributed by atoms with Gasteiger partial charge in [-0.2, -0.15) is 0 Å². The van der Waals surface area contributed by atoms with Crippen LogP contribution in [0.15, 0.2) is 18.2 Å². The summed E-state index contributed by atoms with van der Waals surface area (Å²) in [5.74, 6) is 0.718. The van der Waals surface area contributed by atoms with Crippen LogP contribution in [0.5, 0.6) is 5.75 Å². The number of hydrogen-bond acceptors (Lipinski definition) is 5. The predicted molar refractivity (Wildman–Crippen MR) is 70.7 cm³/mol. The first-order valence-electron chi connectivity index (χ1n) is 5.81. The molecule has 0 saturated heterocycles. The van der Waals surface area contributed by atoms with Gasteiger partial charge in [-0.25, -0.2) is 4.79 Å². The lowest BCUT2D eigenvalue weighted by Gasteiger charge is -2.10. The number of carbonyl (C=O) groups excluding carboxylic acids is 1. The normalized spacial score (nSPS) is 9.83. The maximum atomic E-state index is 10.4. The average Bonchev–Trinajstić information content (AvgIpc) is 2.31. The standard InChI is InChI=1S/C12H19N3O3/c1-2-4-17-11-7-9(13)6-10(8-11)15-3-5-18-12(14)16/h6-8,15H,2-5,13H2,1H3,(H2,14,16). The highest BCUT2D eigenvalue weighted by Gasteiger charge is 2.00. The van der Waals surface area contributed by atoms with Crippen LogP contribution < -0.4 is 21.5 Å². The number of benzene rings is 1. The second-order valence-corrected chi connectivity index (χ2v) is 3.73. The van der Waals surface area contributed by atoms with E-state index in [4.69, 9.17) is 16.2 Å². The molecule has 1 amide bonds. The number of rotatable bonds is 7. The fourth-order valence-electron chi connectivity index (χ4n) is 1.37. The van der Waals surface area contributed by atoms with Crippen LogP contribution in [0.2, 0.25) is 0 Å². The van der Waals surface area contributed by atoms with Gasteiger partial charge in [0.1, 0.15) is 12.4 Å². The van der Waals surface area contributed by atoms with Gasteiger partial charge in [0.15, 0.2) is 0 Å². The van der Waals surface area contributed by atoms with Gasteiger partial charge >= 0.3 is 6.09 Å². The van der Waals surface area contributed by atoms with Crippen LogP contribution in [0.4, 0.5) is 16.2 Å². The van der Waals surface area contributed by atoms with Crippen LogP contribution in [-0.2, 0) is 4.74 Å². The molecule has 0 bridgehead atoms. The average molecular weight is 253 g/mol. The molecule has 1 rings (SSSR count). The van der Waals surface area contributed by atoms with E-state index in [0.717, 1.165) is 17.9 Å². The highest BCUT2D eigenvalue weighted by atomic mass is 16.5. The van der Waals surface area contributed by atoms with Gasteiger partial charge in [0.05, 0.1) is 6.61 Å². The first-order valence-corrected chi connectivity index (χ1v) is 5.81. The molecule has 18 heavy (non-hydrogen) atoms. The molecule has 6 nitrogen and oxygen atoms in total. The molecule has 1 aromatic carbocycles. The van der Waals surface area contributed by atoms with Gasteiger partial charge in [0, 0.05) is 30.1 Å². The van der Waals surface area contributed by atoms with Crippen molar-refractivity contribution in [3.63, 3.8) is 0 Å². The Balaban J connectivity index is 2.48. The number of amides is 1. The Bertz CT molecular complexity index is 396. The van der Waals surface area contributed by atoms with Gasteiger partial charge in [-0.3, -0.25) is 0 Å². The van der Waals surface area contributed by atoms with Crippen molar-refractivity contribution < 1.29 is 14.3 Å². The second-order valence-electron chi connectivity index (χ2n) is 3.73. The molecule has 0 aliphatic carbocycles. The van der Waals surface area contributed by atoms with Gasteiger partial charge in [-0.15, -0.1) is 0 Å². The van der Waals surface area contributed by atoms with Crippen LogP contribution >= 0.6 is 0 Å². The molecule has 0 spiro atoms. The van der Waals surface area contributed by atoms with Crippen LogP contribution in [0.1, 0.15) is 13.3 Å². The Labute approximate surface area is 106 Å². The van der Waals surface area contributed by atoms with Gasteiger partial charge in [0.25, 0.3) is 0 Å². The lowest BCUT2D eigenvalue weighted by Crippen LogP contribution is -2.18. The van der Waals surface area contributed by atoms with E-state index in [0.29, 0.717) is 18.8 Å². The molecule has 0 aromatic heterocycles. The molecule has 0 radical (unpaired) electrons. The van der Waals surface area contributed by atoms with Crippen molar-refractivity contribution in [1.82, 2.24) is 0 Å². The van der Waals surface area contributed by atoms with Crippen LogP contribution in [-0.4, -0.2) is 25.9 Å². The van der Waals surface area contributed by atoms with E-state index in [1.165, 1.54) is 0 Å². The number of nitrogens with one attached hydrogen (secondary N) is 1. The molecule has 1 aromatic rings. The van der Waals surface area contributed by atoms with Crippen molar-refractivity contribution >= 4 is 17.5 Å². The Hall–Kier alpha value is -2.11. The van der Waals surface area contributed by atoms with E-state index in [1.807, 2.05) is 13.0 Å². The number of nitrogens with two attached hydrogens (primary N) is 2. The lowest BCUT2D eigenvalue weighted by molar-refractivity contribution is 0.161. The molecular formula is C12H19N3O3. The third-order valence-corrected chi connectivity index (χ3v) is 2.08. The summed E-state index contributed by atoms with van der Waals surface area (Å²) < 4.78 is 10.1. The molecule has 0 aliphatic rings. The van der Waals surface area contributed by atoms with Gasteiger partial charge < -0.3 is 26.3 Å². The summed E-state index contributed by atoms with van der Waals surface area (Å²) >= 11 is 0. The van der Waals surface area contributed by atoms with Crippen molar-refractivity contribution in [2.45, 2.75) is 13.3 Å². The molecule has 5 N–H and O–H groups in total. The van der Waals surface area contributed by atoms with Crippen LogP contribution in [0.3, 0.4) is 0 Å². The SMILES string of the molecule is CCCOc1cc(N)cc(NCCOC(N)=O)c1. The highest BCUT2D eigenvalue weighted by molar-refractivity contribution is 5.64. The maximum absolute atomic E-state index is 10.4. The number of carbonyl (C=O) groups is 1. The summed E-state index contributed by atoms with van der Waals surface area (Å²) in [5, 5.41) is 3.06. The Kier molecular flexibility index (Phi) is 5.63. The molecule has 0 fully saturated rings. The molecule has 0 saturated carbocycles. The van der Waals surface area contributed by atoms with E-state index >= 15 is 0 Å². The Morgan fingerprint density at radius 3 is 2.78 bits per heavy atom. The molecular weight excluding hydrogens is 234 g/mol. The van der Waals surface area contributed by atoms with Crippen molar-refractivity contribution in [3.8, 4) is 5.75 Å². The maximum Gasteiger partial charge on any atom is 0.404 e. The zero-order valence-electron chi connectivity index (χ0n) is 10.4. The lowest BCUT2D eigenvalue weighted by atomic mass is 10.2. The zero-order valence-corrected chi connectivity index (χ0v) is 10.4. The fraction of sp³-hybridized carbons (Fsp3) is 0.417.